The standard InChI is InChI=1S/C19H21F2N7O2/c1-9(25-19(29)30)15(10-3-4-10)27-18-13(20)5-11(7-22)16(28-18)26-12-6-14(21)17(23-2)24-8-12/h5-6,8-10,15,25H,3-4H2,1-2H3,(H,23,24)(H,29,30)(H2,26,27,28)/t9-,15-/m0/s1. The maximum absolute atomic E-state index is 14.6. The van der Waals surface area contributed by atoms with Gasteiger partial charge in [0.05, 0.1) is 23.5 Å². The quantitative estimate of drug-likeness (QED) is 0.442. The fourth-order valence-corrected chi connectivity index (χ4v) is 3.15. The monoisotopic (exact) mass is 417 g/mol. The molecular weight excluding hydrogens is 396 g/mol. The Bertz CT molecular complexity index is 992. The lowest BCUT2D eigenvalue weighted by atomic mass is 10.0. The number of amides is 1. The zero-order valence-electron chi connectivity index (χ0n) is 16.3. The molecule has 2 atom stereocenters. The number of carbonyl (C=O) groups is 1. The minimum Gasteiger partial charge on any atom is -0.465 e. The van der Waals surface area contributed by atoms with Gasteiger partial charge in [0.25, 0.3) is 0 Å². The van der Waals surface area contributed by atoms with Crippen molar-refractivity contribution in [3.63, 3.8) is 0 Å². The highest BCUT2D eigenvalue weighted by Gasteiger charge is 2.36. The summed E-state index contributed by atoms with van der Waals surface area (Å²) in [4.78, 5) is 19.0. The van der Waals surface area contributed by atoms with E-state index in [1.165, 1.54) is 19.3 Å². The average Bonchev–Trinajstić information content (AvgIpc) is 3.52. The second-order valence-corrected chi connectivity index (χ2v) is 7.00. The Balaban J connectivity index is 1.88. The van der Waals surface area contributed by atoms with E-state index in [-0.39, 0.29) is 40.7 Å². The van der Waals surface area contributed by atoms with E-state index in [4.69, 9.17) is 5.11 Å². The molecule has 2 heterocycles. The molecule has 2 aromatic rings. The Kier molecular flexibility index (Phi) is 6.15. The second kappa shape index (κ2) is 8.77. The summed E-state index contributed by atoms with van der Waals surface area (Å²) in [6.07, 6.45) is 1.94. The third-order valence-corrected chi connectivity index (χ3v) is 4.76. The van der Waals surface area contributed by atoms with E-state index in [1.54, 1.807) is 6.92 Å². The number of pyridine rings is 2. The third kappa shape index (κ3) is 4.83. The average molecular weight is 417 g/mol. The van der Waals surface area contributed by atoms with Crippen LogP contribution < -0.4 is 21.3 Å². The molecule has 3 rings (SSSR count). The minimum atomic E-state index is -1.18. The molecule has 11 heteroatoms. The van der Waals surface area contributed by atoms with Crippen LogP contribution in [-0.2, 0) is 0 Å². The Morgan fingerprint density at radius 2 is 1.97 bits per heavy atom. The third-order valence-electron chi connectivity index (χ3n) is 4.76. The van der Waals surface area contributed by atoms with E-state index >= 15 is 0 Å². The van der Waals surface area contributed by atoms with Crippen molar-refractivity contribution in [2.75, 3.05) is 23.0 Å². The Labute approximate surface area is 171 Å². The molecule has 1 aliphatic rings. The van der Waals surface area contributed by atoms with Gasteiger partial charge in [0, 0.05) is 19.2 Å². The zero-order valence-corrected chi connectivity index (χ0v) is 16.3. The van der Waals surface area contributed by atoms with Crippen LogP contribution in [0, 0.1) is 28.9 Å². The Hall–Kier alpha value is -3.68. The molecule has 1 saturated carbocycles. The first-order valence-electron chi connectivity index (χ1n) is 9.29. The number of nitrogens with zero attached hydrogens (tertiary/aromatic N) is 3. The topological polar surface area (TPSA) is 135 Å². The van der Waals surface area contributed by atoms with Crippen molar-refractivity contribution >= 4 is 29.2 Å². The SMILES string of the molecule is CNc1ncc(Nc2nc(N[C@H](C3CC3)[C@H](C)NC(=O)O)c(F)cc2C#N)cc1F. The van der Waals surface area contributed by atoms with Crippen LogP contribution in [0.25, 0.3) is 0 Å². The van der Waals surface area contributed by atoms with Gasteiger partial charge in [-0.3, -0.25) is 0 Å². The smallest absolute Gasteiger partial charge is 0.404 e. The maximum atomic E-state index is 14.6. The Morgan fingerprint density at radius 1 is 1.27 bits per heavy atom. The number of nitriles is 1. The molecular formula is C19H21F2N7O2. The predicted molar refractivity (Wildman–Crippen MR) is 107 cm³/mol. The lowest BCUT2D eigenvalue weighted by Crippen LogP contribution is -2.45. The molecule has 1 fully saturated rings. The summed E-state index contributed by atoms with van der Waals surface area (Å²) in [7, 11) is 1.53. The van der Waals surface area contributed by atoms with Crippen LogP contribution in [0.15, 0.2) is 18.3 Å². The molecule has 0 saturated heterocycles. The van der Waals surface area contributed by atoms with E-state index in [0.717, 1.165) is 18.9 Å². The number of nitrogens with one attached hydrogen (secondary N) is 4. The van der Waals surface area contributed by atoms with Gasteiger partial charge >= 0.3 is 6.09 Å². The van der Waals surface area contributed by atoms with Gasteiger partial charge in [-0.15, -0.1) is 0 Å². The number of rotatable bonds is 8. The van der Waals surface area contributed by atoms with Crippen molar-refractivity contribution in [1.29, 1.82) is 5.26 Å². The summed E-state index contributed by atoms with van der Waals surface area (Å²) in [6.45, 7) is 1.68. The highest BCUT2D eigenvalue weighted by atomic mass is 19.1. The van der Waals surface area contributed by atoms with E-state index in [9.17, 15) is 18.8 Å². The molecule has 158 valence electrons. The van der Waals surface area contributed by atoms with Crippen LogP contribution in [0.4, 0.5) is 36.7 Å². The van der Waals surface area contributed by atoms with E-state index < -0.39 is 23.8 Å². The van der Waals surface area contributed by atoms with Gasteiger partial charge in [0.15, 0.2) is 29.1 Å². The summed E-state index contributed by atoms with van der Waals surface area (Å²) in [6, 6.07) is 3.17. The van der Waals surface area contributed by atoms with Crippen LogP contribution in [0.3, 0.4) is 0 Å². The summed E-state index contributed by atoms with van der Waals surface area (Å²) in [5, 5.41) is 29.0. The normalized spacial score (nSPS) is 14.9. The first-order valence-corrected chi connectivity index (χ1v) is 9.29. The largest absolute Gasteiger partial charge is 0.465 e. The van der Waals surface area contributed by atoms with Crippen molar-refractivity contribution < 1.29 is 18.7 Å². The van der Waals surface area contributed by atoms with Gasteiger partial charge < -0.3 is 26.4 Å². The first-order chi connectivity index (χ1) is 14.3. The van der Waals surface area contributed by atoms with Crippen molar-refractivity contribution in [2.45, 2.75) is 31.8 Å². The fourth-order valence-electron chi connectivity index (χ4n) is 3.15. The molecule has 30 heavy (non-hydrogen) atoms. The van der Waals surface area contributed by atoms with Gasteiger partial charge in [0.2, 0.25) is 0 Å². The van der Waals surface area contributed by atoms with Crippen LogP contribution in [0.2, 0.25) is 0 Å². The lowest BCUT2D eigenvalue weighted by Gasteiger charge is -2.26. The highest BCUT2D eigenvalue weighted by molar-refractivity contribution is 5.66. The number of aromatic nitrogens is 2. The predicted octanol–water partition coefficient (Wildman–Crippen LogP) is 3.26. The number of anilines is 4. The zero-order chi connectivity index (χ0) is 21.8. The van der Waals surface area contributed by atoms with E-state index in [0.29, 0.717) is 0 Å². The molecule has 0 spiro atoms. The van der Waals surface area contributed by atoms with Gasteiger partial charge in [-0.1, -0.05) is 0 Å². The lowest BCUT2D eigenvalue weighted by molar-refractivity contribution is 0.188. The molecule has 9 nitrogen and oxygen atoms in total. The molecule has 0 radical (unpaired) electrons. The van der Waals surface area contributed by atoms with Gasteiger partial charge in [-0.2, -0.15) is 5.26 Å². The minimum absolute atomic E-state index is 0.0215. The number of carboxylic acid groups (broad SMARTS) is 1. The molecule has 0 aromatic carbocycles. The first kappa shape index (κ1) is 21.0. The second-order valence-electron chi connectivity index (χ2n) is 7.00. The number of hydrogen-bond donors (Lipinski definition) is 5. The van der Waals surface area contributed by atoms with E-state index in [1.807, 2.05) is 6.07 Å². The van der Waals surface area contributed by atoms with Crippen LogP contribution >= 0.6 is 0 Å². The van der Waals surface area contributed by atoms with Gasteiger partial charge in [0.1, 0.15) is 6.07 Å². The molecule has 0 bridgehead atoms. The van der Waals surface area contributed by atoms with E-state index in [2.05, 4.69) is 31.2 Å². The maximum Gasteiger partial charge on any atom is 0.404 e. The summed E-state index contributed by atoms with van der Waals surface area (Å²) in [5.74, 6) is -1.24. The summed E-state index contributed by atoms with van der Waals surface area (Å²) >= 11 is 0. The van der Waals surface area contributed by atoms with Crippen molar-refractivity contribution in [2.24, 2.45) is 5.92 Å². The fraction of sp³-hybridized carbons (Fsp3) is 0.368. The number of halogens is 2. The molecule has 0 unspecified atom stereocenters. The van der Waals surface area contributed by atoms with Crippen LogP contribution in [-0.4, -0.2) is 40.3 Å². The molecule has 5 N–H and O–H groups in total. The summed E-state index contributed by atoms with van der Waals surface area (Å²) < 4.78 is 28.5. The van der Waals surface area contributed by atoms with Crippen molar-refractivity contribution in [3.05, 3.63) is 35.5 Å². The Morgan fingerprint density at radius 3 is 2.53 bits per heavy atom. The van der Waals surface area contributed by atoms with Gasteiger partial charge in [-0.05, 0) is 31.7 Å². The van der Waals surface area contributed by atoms with Gasteiger partial charge in [-0.25, -0.2) is 23.5 Å². The van der Waals surface area contributed by atoms with Crippen molar-refractivity contribution in [1.82, 2.24) is 15.3 Å². The van der Waals surface area contributed by atoms with Crippen LogP contribution in [0.5, 0.6) is 0 Å². The summed E-state index contributed by atoms with van der Waals surface area (Å²) in [5.41, 5.74) is 0.156. The molecule has 1 aliphatic carbocycles. The van der Waals surface area contributed by atoms with Crippen molar-refractivity contribution in [3.8, 4) is 6.07 Å². The molecule has 0 aliphatic heterocycles. The van der Waals surface area contributed by atoms with Crippen LogP contribution in [0.1, 0.15) is 25.3 Å². The molecule has 2 aromatic heterocycles. The molecule has 1 amide bonds. The number of hydrogen-bond acceptors (Lipinski definition) is 7. The highest BCUT2D eigenvalue weighted by Crippen LogP contribution is 2.36.